The van der Waals surface area contributed by atoms with E-state index in [9.17, 15) is 0 Å². The molecular weight excluding hydrogens is 124 g/mol. The van der Waals surface area contributed by atoms with E-state index in [-0.39, 0.29) is 6.10 Å². The first-order valence-electron chi connectivity index (χ1n) is 2.51. The van der Waals surface area contributed by atoms with Crippen LogP contribution in [0.5, 0.6) is 0 Å². The summed E-state index contributed by atoms with van der Waals surface area (Å²) in [6, 6.07) is 0. The predicted molar refractivity (Wildman–Crippen MR) is 33.7 cm³/mol. The fourth-order valence-electron chi connectivity index (χ4n) is 0.627. The van der Waals surface area contributed by atoms with Crippen LogP contribution >= 0.6 is 11.6 Å². The van der Waals surface area contributed by atoms with Gasteiger partial charge in [-0.1, -0.05) is 17.7 Å². The highest BCUT2D eigenvalue weighted by atomic mass is 35.5. The molecule has 0 aromatic carbocycles. The van der Waals surface area contributed by atoms with Gasteiger partial charge in [-0.2, -0.15) is 0 Å². The molecule has 1 atom stereocenters. The van der Waals surface area contributed by atoms with Crippen LogP contribution in [0.3, 0.4) is 0 Å². The minimum atomic E-state index is -0.368. The van der Waals surface area contributed by atoms with E-state index in [1.165, 1.54) is 0 Å². The van der Waals surface area contributed by atoms with Crippen molar-refractivity contribution in [2.45, 2.75) is 12.5 Å². The monoisotopic (exact) mass is 130 g/mol. The molecule has 8 heavy (non-hydrogen) atoms. The van der Waals surface area contributed by atoms with E-state index in [1.54, 1.807) is 12.2 Å². The molecule has 0 bridgehead atoms. The molecule has 0 saturated carbocycles. The summed E-state index contributed by atoms with van der Waals surface area (Å²) in [6.07, 6.45) is 5.59. The Balaban J connectivity index is 2.63. The summed E-state index contributed by atoms with van der Waals surface area (Å²) >= 11 is 5.53. The molecule has 2 heteroatoms. The SMILES string of the molecule is O[C@@H]1C=C(Cl)C=CC1. The number of halogens is 1. The van der Waals surface area contributed by atoms with Crippen LogP contribution in [0.1, 0.15) is 6.42 Å². The lowest BCUT2D eigenvalue weighted by Crippen LogP contribution is -2.02. The lowest BCUT2D eigenvalue weighted by Gasteiger charge is -2.04. The van der Waals surface area contributed by atoms with E-state index < -0.39 is 0 Å². The van der Waals surface area contributed by atoms with Crippen molar-refractivity contribution in [3.63, 3.8) is 0 Å². The van der Waals surface area contributed by atoms with Crippen molar-refractivity contribution >= 4 is 11.6 Å². The summed E-state index contributed by atoms with van der Waals surface area (Å²) in [6.45, 7) is 0. The number of hydrogen-bond acceptors (Lipinski definition) is 1. The van der Waals surface area contributed by atoms with E-state index in [0.717, 1.165) is 0 Å². The highest BCUT2D eigenvalue weighted by molar-refractivity contribution is 6.31. The van der Waals surface area contributed by atoms with Gasteiger partial charge in [0.25, 0.3) is 0 Å². The summed E-state index contributed by atoms with van der Waals surface area (Å²) in [5, 5.41) is 9.50. The Morgan fingerprint density at radius 2 is 2.50 bits per heavy atom. The van der Waals surface area contributed by atoms with E-state index >= 15 is 0 Å². The highest BCUT2D eigenvalue weighted by Gasteiger charge is 2.01. The van der Waals surface area contributed by atoms with Gasteiger partial charge in [-0.3, -0.25) is 0 Å². The zero-order chi connectivity index (χ0) is 5.98. The van der Waals surface area contributed by atoms with Crippen LogP contribution in [0.2, 0.25) is 0 Å². The average molecular weight is 131 g/mol. The summed E-state index contributed by atoms with van der Waals surface area (Å²) in [7, 11) is 0. The minimum absolute atomic E-state index is 0.368. The fraction of sp³-hybridized carbons (Fsp3) is 0.333. The molecule has 0 aliphatic heterocycles. The molecule has 1 aliphatic carbocycles. The van der Waals surface area contributed by atoms with Gasteiger partial charge in [0.15, 0.2) is 0 Å². The van der Waals surface area contributed by atoms with Gasteiger partial charge >= 0.3 is 0 Å². The van der Waals surface area contributed by atoms with Crippen molar-refractivity contribution in [3.05, 3.63) is 23.3 Å². The summed E-state index contributed by atoms with van der Waals surface area (Å²) in [4.78, 5) is 0. The van der Waals surface area contributed by atoms with E-state index in [1.807, 2.05) is 6.08 Å². The third-order valence-corrected chi connectivity index (χ3v) is 1.26. The van der Waals surface area contributed by atoms with Gasteiger partial charge in [-0.05, 0) is 18.6 Å². The molecule has 0 unspecified atom stereocenters. The van der Waals surface area contributed by atoms with Crippen molar-refractivity contribution < 1.29 is 5.11 Å². The standard InChI is InChI=1S/C6H7ClO/c7-5-2-1-3-6(8)4-5/h1-2,4,6,8H,3H2/t6-/m0/s1. The van der Waals surface area contributed by atoms with Crippen LogP contribution in [0.25, 0.3) is 0 Å². The Bertz CT molecular complexity index is 137. The molecular formula is C6H7ClO. The maximum Gasteiger partial charge on any atom is 0.0772 e. The summed E-state index contributed by atoms with van der Waals surface area (Å²) in [5.74, 6) is 0. The second-order valence-electron chi connectivity index (χ2n) is 1.76. The van der Waals surface area contributed by atoms with E-state index in [2.05, 4.69) is 0 Å². The Kier molecular flexibility index (Phi) is 1.71. The van der Waals surface area contributed by atoms with Crippen LogP contribution in [-0.4, -0.2) is 11.2 Å². The average Bonchev–Trinajstić information content (AvgIpc) is 1.64. The van der Waals surface area contributed by atoms with Crippen LogP contribution in [0.15, 0.2) is 23.3 Å². The number of hydrogen-bond donors (Lipinski definition) is 1. The van der Waals surface area contributed by atoms with Gasteiger partial charge in [-0.25, -0.2) is 0 Å². The first-order valence-corrected chi connectivity index (χ1v) is 2.89. The molecule has 0 saturated heterocycles. The van der Waals surface area contributed by atoms with Crippen LogP contribution in [0, 0.1) is 0 Å². The smallest absolute Gasteiger partial charge is 0.0772 e. The second-order valence-corrected chi connectivity index (χ2v) is 2.19. The van der Waals surface area contributed by atoms with Gasteiger partial charge in [-0.15, -0.1) is 0 Å². The topological polar surface area (TPSA) is 20.2 Å². The molecule has 0 aromatic rings. The van der Waals surface area contributed by atoms with Crippen molar-refractivity contribution in [2.75, 3.05) is 0 Å². The molecule has 1 N–H and O–H groups in total. The first-order chi connectivity index (χ1) is 3.79. The van der Waals surface area contributed by atoms with Crippen LogP contribution in [-0.2, 0) is 0 Å². The van der Waals surface area contributed by atoms with Crippen LogP contribution < -0.4 is 0 Å². The fourth-order valence-corrected chi connectivity index (χ4v) is 0.862. The minimum Gasteiger partial charge on any atom is -0.389 e. The third-order valence-electron chi connectivity index (χ3n) is 1.01. The molecule has 44 valence electrons. The van der Waals surface area contributed by atoms with Gasteiger partial charge < -0.3 is 5.11 Å². The molecule has 0 fully saturated rings. The highest BCUT2D eigenvalue weighted by Crippen LogP contribution is 2.12. The maximum atomic E-state index is 8.87. The maximum absolute atomic E-state index is 8.87. The number of allylic oxidation sites excluding steroid dienone is 2. The van der Waals surface area contributed by atoms with Crippen molar-refractivity contribution in [1.82, 2.24) is 0 Å². The number of aliphatic hydroxyl groups excluding tert-OH is 1. The third kappa shape index (κ3) is 1.35. The molecule has 1 rings (SSSR count). The normalized spacial score (nSPS) is 27.8. The lowest BCUT2D eigenvalue weighted by molar-refractivity contribution is 0.225. The van der Waals surface area contributed by atoms with Gasteiger partial charge in [0.2, 0.25) is 0 Å². The largest absolute Gasteiger partial charge is 0.389 e. The summed E-state index contributed by atoms with van der Waals surface area (Å²) < 4.78 is 0. The first kappa shape index (κ1) is 5.86. The number of rotatable bonds is 0. The van der Waals surface area contributed by atoms with Gasteiger partial charge in [0.05, 0.1) is 6.10 Å². The van der Waals surface area contributed by atoms with Crippen molar-refractivity contribution in [2.24, 2.45) is 0 Å². The van der Waals surface area contributed by atoms with E-state index in [4.69, 9.17) is 16.7 Å². The predicted octanol–water partition coefficient (Wildman–Crippen LogP) is 1.43. The zero-order valence-electron chi connectivity index (χ0n) is 4.34. The van der Waals surface area contributed by atoms with Crippen molar-refractivity contribution in [3.8, 4) is 0 Å². The second kappa shape index (κ2) is 2.33. The Hall–Kier alpha value is -0.270. The zero-order valence-corrected chi connectivity index (χ0v) is 5.10. The summed E-state index contributed by atoms with van der Waals surface area (Å²) in [5.41, 5.74) is 0. The Morgan fingerprint density at radius 3 is 2.88 bits per heavy atom. The number of aliphatic hydroxyl groups is 1. The Morgan fingerprint density at radius 1 is 1.75 bits per heavy atom. The Labute approximate surface area is 53.3 Å². The molecule has 0 aromatic heterocycles. The molecule has 1 nitrogen and oxygen atoms in total. The van der Waals surface area contributed by atoms with Gasteiger partial charge in [0, 0.05) is 5.03 Å². The molecule has 0 radical (unpaired) electrons. The van der Waals surface area contributed by atoms with Crippen molar-refractivity contribution in [1.29, 1.82) is 0 Å². The van der Waals surface area contributed by atoms with E-state index in [0.29, 0.717) is 11.5 Å². The molecule has 0 heterocycles. The molecule has 0 spiro atoms. The molecule has 0 amide bonds. The lowest BCUT2D eigenvalue weighted by atomic mass is 10.1. The van der Waals surface area contributed by atoms with Crippen LogP contribution in [0.4, 0.5) is 0 Å². The van der Waals surface area contributed by atoms with Gasteiger partial charge in [0.1, 0.15) is 0 Å². The quantitative estimate of drug-likeness (QED) is 0.526. The molecule has 1 aliphatic rings.